The first-order chi connectivity index (χ1) is 15.0. The van der Waals surface area contributed by atoms with Crippen molar-refractivity contribution in [3.63, 3.8) is 0 Å². The third kappa shape index (κ3) is 5.14. The Morgan fingerprint density at radius 3 is 2.65 bits per heavy atom. The van der Waals surface area contributed by atoms with Gasteiger partial charge in [-0.15, -0.1) is 0 Å². The van der Waals surface area contributed by atoms with Crippen molar-refractivity contribution in [2.75, 3.05) is 33.4 Å². The zero-order chi connectivity index (χ0) is 21.8. The molecule has 0 spiro atoms. The van der Waals surface area contributed by atoms with E-state index in [1.165, 1.54) is 12.7 Å². The SMILES string of the molecule is COCC(=O)N1CCO[C@@](Cc2cccc(-c3ccc(C)cc3)c2)(C(=O)NC2CC2)C1. The number of hydrogen-bond donors (Lipinski definition) is 1. The largest absolute Gasteiger partial charge is 0.375 e. The van der Waals surface area contributed by atoms with Gasteiger partial charge in [-0.1, -0.05) is 54.1 Å². The lowest BCUT2D eigenvalue weighted by molar-refractivity contribution is -0.167. The van der Waals surface area contributed by atoms with Crippen molar-refractivity contribution in [3.8, 4) is 11.1 Å². The Bertz CT molecular complexity index is 939. The lowest BCUT2D eigenvalue weighted by Crippen LogP contribution is -2.62. The highest BCUT2D eigenvalue weighted by molar-refractivity contribution is 5.88. The topological polar surface area (TPSA) is 67.9 Å². The minimum Gasteiger partial charge on any atom is -0.375 e. The van der Waals surface area contributed by atoms with Gasteiger partial charge in [0.05, 0.1) is 13.2 Å². The summed E-state index contributed by atoms with van der Waals surface area (Å²) in [6.45, 7) is 3.08. The van der Waals surface area contributed by atoms with E-state index < -0.39 is 5.60 Å². The first-order valence-electron chi connectivity index (χ1n) is 10.9. The van der Waals surface area contributed by atoms with Crippen molar-refractivity contribution in [2.45, 2.75) is 37.8 Å². The number of morpholine rings is 1. The van der Waals surface area contributed by atoms with Crippen molar-refractivity contribution in [3.05, 3.63) is 59.7 Å². The number of rotatable bonds is 7. The van der Waals surface area contributed by atoms with Gasteiger partial charge in [0.1, 0.15) is 6.61 Å². The molecule has 1 atom stereocenters. The molecule has 2 aliphatic rings. The molecule has 0 aromatic heterocycles. The van der Waals surface area contributed by atoms with Gasteiger partial charge < -0.3 is 19.7 Å². The lowest BCUT2D eigenvalue weighted by Gasteiger charge is -2.41. The number of carbonyl (C=O) groups excluding carboxylic acids is 2. The van der Waals surface area contributed by atoms with Crippen molar-refractivity contribution < 1.29 is 19.1 Å². The van der Waals surface area contributed by atoms with Crippen LogP contribution in [0.4, 0.5) is 0 Å². The molecule has 1 N–H and O–H groups in total. The van der Waals surface area contributed by atoms with Crippen LogP contribution in [0.25, 0.3) is 11.1 Å². The molecule has 31 heavy (non-hydrogen) atoms. The second kappa shape index (κ2) is 9.20. The molecular weight excluding hydrogens is 392 g/mol. The van der Waals surface area contributed by atoms with Crippen molar-refractivity contribution in [1.29, 1.82) is 0 Å². The van der Waals surface area contributed by atoms with E-state index in [1.54, 1.807) is 4.90 Å². The second-order valence-electron chi connectivity index (χ2n) is 8.58. The number of carbonyl (C=O) groups is 2. The van der Waals surface area contributed by atoms with E-state index in [4.69, 9.17) is 9.47 Å². The number of nitrogens with one attached hydrogen (secondary N) is 1. The summed E-state index contributed by atoms with van der Waals surface area (Å²) in [5.41, 5.74) is 3.34. The Morgan fingerprint density at radius 2 is 1.94 bits per heavy atom. The zero-order valence-electron chi connectivity index (χ0n) is 18.2. The van der Waals surface area contributed by atoms with E-state index in [-0.39, 0.29) is 31.0 Å². The summed E-state index contributed by atoms with van der Waals surface area (Å²) < 4.78 is 11.2. The van der Waals surface area contributed by atoms with Crippen molar-refractivity contribution >= 4 is 11.8 Å². The molecular formula is C25H30N2O4. The zero-order valence-corrected chi connectivity index (χ0v) is 18.2. The van der Waals surface area contributed by atoms with Gasteiger partial charge in [0.15, 0.2) is 5.60 Å². The number of nitrogens with zero attached hydrogens (tertiary/aromatic N) is 1. The smallest absolute Gasteiger partial charge is 0.254 e. The molecule has 1 aliphatic heterocycles. The van der Waals surface area contributed by atoms with E-state index in [9.17, 15) is 9.59 Å². The third-order valence-electron chi connectivity index (χ3n) is 5.93. The molecule has 164 valence electrons. The van der Waals surface area contributed by atoms with Gasteiger partial charge in [0.25, 0.3) is 5.91 Å². The molecule has 2 aromatic rings. The fraction of sp³-hybridized carbons (Fsp3) is 0.440. The van der Waals surface area contributed by atoms with Crippen LogP contribution in [0.3, 0.4) is 0 Å². The van der Waals surface area contributed by atoms with Crippen LogP contribution in [0, 0.1) is 6.92 Å². The molecule has 1 saturated carbocycles. The third-order valence-corrected chi connectivity index (χ3v) is 5.93. The van der Waals surface area contributed by atoms with Crippen LogP contribution in [0.2, 0.25) is 0 Å². The number of methoxy groups -OCH3 is 1. The predicted molar refractivity (Wildman–Crippen MR) is 119 cm³/mol. The summed E-state index contributed by atoms with van der Waals surface area (Å²) in [6.07, 6.45) is 2.40. The van der Waals surface area contributed by atoms with Gasteiger partial charge in [-0.05, 0) is 36.5 Å². The molecule has 6 heteroatoms. The van der Waals surface area contributed by atoms with Crippen LogP contribution in [-0.2, 0) is 25.5 Å². The van der Waals surface area contributed by atoms with Crippen LogP contribution in [0.15, 0.2) is 48.5 Å². The fourth-order valence-corrected chi connectivity index (χ4v) is 4.02. The first kappa shape index (κ1) is 21.5. The predicted octanol–water partition coefficient (Wildman–Crippen LogP) is 2.73. The lowest BCUT2D eigenvalue weighted by atomic mass is 9.89. The van der Waals surface area contributed by atoms with Crippen LogP contribution in [0.5, 0.6) is 0 Å². The maximum atomic E-state index is 13.3. The van der Waals surface area contributed by atoms with E-state index in [1.807, 2.05) is 12.1 Å². The number of hydrogen-bond acceptors (Lipinski definition) is 4. The molecule has 1 aliphatic carbocycles. The fourth-order valence-electron chi connectivity index (χ4n) is 4.02. The van der Waals surface area contributed by atoms with E-state index in [0.717, 1.165) is 29.5 Å². The first-order valence-corrected chi connectivity index (χ1v) is 10.9. The summed E-state index contributed by atoms with van der Waals surface area (Å²) in [6, 6.07) is 16.8. The van der Waals surface area contributed by atoms with E-state index in [0.29, 0.717) is 19.6 Å². The van der Waals surface area contributed by atoms with Crippen LogP contribution in [0.1, 0.15) is 24.0 Å². The normalized spacial score (nSPS) is 21.0. The molecule has 2 fully saturated rings. The van der Waals surface area contributed by atoms with Crippen LogP contribution < -0.4 is 5.32 Å². The van der Waals surface area contributed by atoms with E-state index in [2.05, 4.69) is 48.6 Å². The molecule has 0 unspecified atom stereocenters. The van der Waals surface area contributed by atoms with Crippen molar-refractivity contribution in [2.24, 2.45) is 0 Å². The summed E-state index contributed by atoms with van der Waals surface area (Å²) in [4.78, 5) is 27.4. The van der Waals surface area contributed by atoms with Crippen molar-refractivity contribution in [1.82, 2.24) is 10.2 Å². The number of amides is 2. The maximum Gasteiger partial charge on any atom is 0.254 e. The minimum absolute atomic E-state index is 0.00321. The standard InChI is InChI=1S/C25H30N2O4/c1-18-6-8-20(9-7-18)21-5-3-4-19(14-21)15-25(24(29)26-22-10-11-22)17-27(12-13-31-25)23(28)16-30-2/h3-9,14,22H,10-13,15-17H2,1-2H3,(H,26,29)/t25-/m1/s1. The number of ether oxygens (including phenoxy) is 2. The molecule has 2 aromatic carbocycles. The molecule has 6 nitrogen and oxygen atoms in total. The second-order valence-corrected chi connectivity index (χ2v) is 8.58. The Balaban J connectivity index is 1.60. The van der Waals surface area contributed by atoms with Gasteiger partial charge >= 0.3 is 0 Å². The maximum absolute atomic E-state index is 13.3. The molecule has 4 rings (SSSR count). The Hall–Kier alpha value is -2.70. The van der Waals surface area contributed by atoms with Crippen LogP contribution in [-0.4, -0.2) is 61.8 Å². The molecule has 1 saturated heterocycles. The van der Waals surface area contributed by atoms with Gasteiger partial charge in [-0.2, -0.15) is 0 Å². The molecule has 1 heterocycles. The van der Waals surface area contributed by atoms with Gasteiger partial charge in [0.2, 0.25) is 5.91 Å². The van der Waals surface area contributed by atoms with Gasteiger partial charge in [0, 0.05) is 26.1 Å². The summed E-state index contributed by atoms with van der Waals surface area (Å²) in [7, 11) is 1.50. The highest BCUT2D eigenvalue weighted by atomic mass is 16.5. The number of benzene rings is 2. The highest BCUT2D eigenvalue weighted by Crippen LogP contribution is 2.29. The molecule has 0 radical (unpaired) electrons. The van der Waals surface area contributed by atoms with Gasteiger partial charge in [-0.3, -0.25) is 9.59 Å². The average Bonchev–Trinajstić information content (AvgIpc) is 3.59. The minimum atomic E-state index is -1.10. The average molecular weight is 423 g/mol. The summed E-state index contributed by atoms with van der Waals surface area (Å²) in [5.74, 6) is -0.256. The van der Waals surface area contributed by atoms with Gasteiger partial charge in [-0.25, -0.2) is 0 Å². The molecule has 2 amide bonds. The number of aryl methyl sites for hydroxylation is 1. The summed E-state index contributed by atoms with van der Waals surface area (Å²) in [5, 5.41) is 3.10. The highest BCUT2D eigenvalue weighted by Gasteiger charge is 2.46. The Labute approximate surface area is 183 Å². The Morgan fingerprint density at radius 1 is 1.16 bits per heavy atom. The van der Waals surface area contributed by atoms with E-state index >= 15 is 0 Å². The monoisotopic (exact) mass is 422 g/mol. The molecule has 0 bridgehead atoms. The Kier molecular flexibility index (Phi) is 6.39. The van der Waals surface area contributed by atoms with Crippen LogP contribution >= 0.6 is 0 Å². The summed E-state index contributed by atoms with van der Waals surface area (Å²) >= 11 is 0. The quantitative estimate of drug-likeness (QED) is 0.745.